The van der Waals surface area contributed by atoms with Crippen LogP contribution in [0.5, 0.6) is 0 Å². The first-order valence-electron chi connectivity index (χ1n) is 7.47. The van der Waals surface area contributed by atoms with Crippen molar-refractivity contribution in [3.63, 3.8) is 0 Å². The van der Waals surface area contributed by atoms with Gasteiger partial charge in [0.25, 0.3) is 10.2 Å². The lowest BCUT2D eigenvalue weighted by molar-refractivity contribution is 0.157. The Balaban J connectivity index is 1.96. The molecule has 1 unspecified atom stereocenters. The monoisotopic (exact) mass is 319 g/mol. The highest BCUT2D eigenvalue weighted by molar-refractivity contribution is 7.86. The third-order valence-corrected chi connectivity index (χ3v) is 6.31. The topological polar surface area (TPSA) is 102 Å². The molecule has 8 nitrogen and oxygen atoms in total. The van der Waals surface area contributed by atoms with Gasteiger partial charge in [-0.15, -0.1) is 0 Å². The molecule has 0 aromatic heterocycles. The first kappa shape index (κ1) is 16.5. The Morgan fingerprint density at radius 2 is 1.67 bits per heavy atom. The summed E-state index contributed by atoms with van der Waals surface area (Å²) in [5, 5.41) is 11.9. The van der Waals surface area contributed by atoms with Crippen molar-refractivity contribution in [2.24, 2.45) is 10.9 Å². The summed E-state index contributed by atoms with van der Waals surface area (Å²) in [6, 6.07) is -0.133. The molecule has 0 aromatic carbocycles. The normalized spacial score (nSPS) is 25.3. The zero-order valence-corrected chi connectivity index (χ0v) is 13.3. The van der Waals surface area contributed by atoms with E-state index in [1.807, 2.05) is 6.92 Å². The Morgan fingerprint density at radius 1 is 1.14 bits per heavy atom. The predicted octanol–water partition coefficient (Wildman–Crippen LogP) is -0.530. The number of nitrogens with zero attached hydrogens (tertiary/aromatic N) is 4. The maximum absolute atomic E-state index is 12.5. The number of hydrogen-bond acceptors (Lipinski definition) is 5. The van der Waals surface area contributed by atoms with Crippen LogP contribution in [-0.2, 0) is 10.2 Å². The van der Waals surface area contributed by atoms with Crippen molar-refractivity contribution < 1.29 is 13.6 Å². The number of rotatable bonds is 5. The number of piperazine rings is 1. The van der Waals surface area contributed by atoms with Crippen molar-refractivity contribution in [1.82, 2.24) is 13.5 Å². The Morgan fingerprint density at radius 3 is 2.14 bits per heavy atom. The standard InChI is InChI=1S/C12H25N5O3S/c1-2-11(12(13)14-18)15-7-9-17(10-8-15)21(19,20)16-5-3-4-6-16/h11,18H,2-10H2,1H3,(H2,13,14). The van der Waals surface area contributed by atoms with Gasteiger partial charge in [0.2, 0.25) is 0 Å². The fraction of sp³-hybridized carbons (Fsp3) is 0.917. The van der Waals surface area contributed by atoms with E-state index >= 15 is 0 Å². The van der Waals surface area contributed by atoms with Crippen LogP contribution >= 0.6 is 0 Å². The van der Waals surface area contributed by atoms with E-state index in [0.29, 0.717) is 39.3 Å². The second-order valence-corrected chi connectivity index (χ2v) is 7.43. The van der Waals surface area contributed by atoms with Gasteiger partial charge in [-0.05, 0) is 19.3 Å². The lowest BCUT2D eigenvalue weighted by atomic mass is 10.1. The molecule has 0 amide bonds. The summed E-state index contributed by atoms with van der Waals surface area (Å²) in [5.74, 6) is 0.188. The van der Waals surface area contributed by atoms with Crippen molar-refractivity contribution in [2.75, 3.05) is 39.3 Å². The summed E-state index contributed by atoms with van der Waals surface area (Å²) in [6.45, 7) is 5.33. The van der Waals surface area contributed by atoms with Crippen LogP contribution in [0.25, 0.3) is 0 Å². The van der Waals surface area contributed by atoms with Crippen LogP contribution in [-0.4, -0.2) is 78.3 Å². The van der Waals surface area contributed by atoms with Crippen LogP contribution in [0.15, 0.2) is 5.16 Å². The lowest BCUT2D eigenvalue weighted by Gasteiger charge is -2.38. The van der Waals surface area contributed by atoms with Crippen LogP contribution < -0.4 is 5.73 Å². The minimum atomic E-state index is -3.31. The van der Waals surface area contributed by atoms with Gasteiger partial charge in [-0.1, -0.05) is 12.1 Å². The van der Waals surface area contributed by atoms with E-state index in [1.165, 1.54) is 0 Å². The predicted molar refractivity (Wildman–Crippen MR) is 80.4 cm³/mol. The largest absolute Gasteiger partial charge is 0.409 e. The summed E-state index contributed by atoms with van der Waals surface area (Å²) in [7, 11) is -3.31. The molecule has 9 heteroatoms. The second-order valence-electron chi connectivity index (χ2n) is 5.50. The van der Waals surface area contributed by atoms with E-state index in [4.69, 9.17) is 10.9 Å². The molecule has 3 N–H and O–H groups in total. The number of oxime groups is 1. The Kier molecular flexibility index (Phi) is 5.42. The quantitative estimate of drug-likeness (QED) is 0.307. The smallest absolute Gasteiger partial charge is 0.282 e. The molecule has 122 valence electrons. The fourth-order valence-electron chi connectivity index (χ4n) is 3.05. The molecule has 21 heavy (non-hydrogen) atoms. The zero-order chi connectivity index (χ0) is 15.5. The third kappa shape index (κ3) is 3.47. The number of nitrogens with two attached hydrogens (primary N) is 1. The van der Waals surface area contributed by atoms with Gasteiger partial charge in [0.1, 0.15) is 0 Å². The first-order chi connectivity index (χ1) is 10.0. The maximum Gasteiger partial charge on any atom is 0.282 e. The van der Waals surface area contributed by atoms with Gasteiger partial charge in [0.15, 0.2) is 5.84 Å². The van der Waals surface area contributed by atoms with E-state index in [1.54, 1.807) is 8.61 Å². The summed E-state index contributed by atoms with van der Waals surface area (Å²) >= 11 is 0. The zero-order valence-electron chi connectivity index (χ0n) is 12.5. The molecular formula is C12H25N5O3S. The van der Waals surface area contributed by atoms with Gasteiger partial charge in [0.05, 0.1) is 6.04 Å². The van der Waals surface area contributed by atoms with Crippen LogP contribution in [0.2, 0.25) is 0 Å². The molecule has 2 fully saturated rings. The molecule has 2 aliphatic heterocycles. The van der Waals surface area contributed by atoms with E-state index in [2.05, 4.69) is 10.1 Å². The molecular weight excluding hydrogens is 294 g/mol. The molecule has 2 heterocycles. The highest BCUT2D eigenvalue weighted by atomic mass is 32.2. The molecule has 2 aliphatic rings. The molecule has 0 saturated carbocycles. The van der Waals surface area contributed by atoms with Crippen molar-refractivity contribution in [3.05, 3.63) is 0 Å². The second kappa shape index (κ2) is 6.91. The van der Waals surface area contributed by atoms with Crippen LogP contribution in [0.3, 0.4) is 0 Å². The van der Waals surface area contributed by atoms with Crippen molar-refractivity contribution >= 4 is 16.0 Å². The van der Waals surface area contributed by atoms with Crippen molar-refractivity contribution in [2.45, 2.75) is 32.2 Å². The summed E-state index contributed by atoms with van der Waals surface area (Å²) in [4.78, 5) is 2.07. The average Bonchev–Trinajstić information content (AvgIpc) is 3.03. The van der Waals surface area contributed by atoms with E-state index in [-0.39, 0.29) is 11.9 Å². The first-order valence-corrected chi connectivity index (χ1v) is 8.87. The highest BCUT2D eigenvalue weighted by Crippen LogP contribution is 2.19. The average molecular weight is 319 g/mol. The van der Waals surface area contributed by atoms with Gasteiger partial charge in [-0.2, -0.15) is 17.0 Å². The van der Waals surface area contributed by atoms with E-state index in [0.717, 1.165) is 19.3 Å². The molecule has 0 bridgehead atoms. The fourth-order valence-corrected chi connectivity index (χ4v) is 4.72. The summed E-state index contributed by atoms with van der Waals surface area (Å²) in [6.07, 6.45) is 2.62. The molecule has 0 aromatic rings. The number of amidine groups is 1. The Bertz CT molecular complexity index is 467. The minimum absolute atomic E-state index is 0.133. The minimum Gasteiger partial charge on any atom is -0.409 e. The van der Waals surface area contributed by atoms with Gasteiger partial charge < -0.3 is 10.9 Å². The van der Waals surface area contributed by atoms with E-state index < -0.39 is 10.2 Å². The Hall–Kier alpha value is -0.900. The van der Waals surface area contributed by atoms with Gasteiger partial charge in [-0.3, -0.25) is 4.90 Å². The third-order valence-electron chi connectivity index (χ3n) is 4.28. The van der Waals surface area contributed by atoms with Gasteiger partial charge >= 0.3 is 0 Å². The molecule has 1 atom stereocenters. The molecule has 0 spiro atoms. The van der Waals surface area contributed by atoms with Crippen molar-refractivity contribution in [3.8, 4) is 0 Å². The molecule has 2 rings (SSSR count). The molecule has 0 aliphatic carbocycles. The SMILES string of the molecule is CCC(C(N)=NO)N1CCN(S(=O)(=O)N2CCCC2)CC1. The van der Waals surface area contributed by atoms with Crippen LogP contribution in [0, 0.1) is 0 Å². The van der Waals surface area contributed by atoms with E-state index in [9.17, 15) is 8.42 Å². The molecule has 0 radical (unpaired) electrons. The number of hydrogen-bond donors (Lipinski definition) is 2. The van der Waals surface area contributed by atoms with Crippen molar-refractivity contribution in [1.29, 1.82) is 0 Å². The summed E-state index contributed by atoms with van der Waals surface area (Å²) < 4.78 is 28.1. The van der Waals surface area contributed by atoms with Crippen LogP contribution in [0.1, 0.15) is 26.2 Å². The molecule has 2 saturated heterocycles. The summed E-state index contributed by atoms with van der Waals surface area (Å²) in [5.41, 5.74) is 5.70. The van der Waals surface area contributed by atoms with Gasteiger partial charge in [0, 0.05) is 39.3 Å². The van der Waals surface area contributed by atoms with Gasteiger partial charge in [-0.25, -0.2) is 0 Å². The highest BCUT2D eigenvalue weighted by Gasteiger charge is 2.35. The maximum atomic E-state index is 12.5. The lowest BCUT2D eigenvalue weighted by Crippen LogP contribution is -2.56. The Labute approximate surface area is 126 Å². The van der Waals surface area contributed by atoms with Crippen LogP contribution in [0.4, 0.5) is 0 Å².